The van der Waals surface area contributed by atoms with Crippen LogP contribution in [0.5, 0.6) is 5.75 Å². The number of hydrogen-bond donors (Lipinski definition) is 1. The molecule has 150 valence electrons. The van der Waals surface area contributed by atoms with Crippen LogP contribution in [-0.4, -0.2) is 45.4 Å². The molecule has 0 aromatic heterocycles. The van der Waals surface area contributed by atoms with Crippen LogP contribution in [0.2, 0.25) is 0 Å². The van der Waals surface area contributed by atoms with Gasteiger partial charge in [-0.2, -0.15) is 4.31 Å². The van der Waals surface area contributed by atoms with Crippen molar-refractivity contribution in [1.29, 1.82) is 0 Å². The average Bonchev–Trinajstić information content (AvgIpc) is 2.64. The fourth-order valence-corrected chi connectivity index (χ4v) is 3.87. The number of halogens is 3. The molecule has 0 saturated heterocycles. The van der Waals surface area contributed by atoms with Gasteiger partial charge in [-0.3, -0.25) is 0 Å². The van der Waals surface area contributed by atoms with Gasteiger partial charge in [0.25, 0.3) is 6.43 Å². The summed E-state index contributed by atoms with van der Waals surface area (Å²) in [7, 11) is -3.73. The van der Waals surface area contributed by atoms with Crippen LogP contribution < -0.4 is 10.5 Å². The maximum Gasteiger partial charge on any atom is 0.272 e. The van der Waals surface area contributed by atoms with Gasteiger partial charge in [-0.15, -0.1) is 12.4 Å². The zero-order chi connectivity index (χ0) is 19.0. The Hall–Kier alpha value is -1.74. The quantitative estimate of drug-likeness (QED) is 0.641. The smallest absolute Gasteiger partial charge is 0.272 e. The average molecular weight is 421 g/mol. The van der Waals surface area contributed by atoms with Gasteiger partial charge in [-0.05, 0) is 36.2 Å². The molecule has 0 bridgehead atoms. The lowest BCUT2D eigenvalue weighted by atomic mass is 10.1. The fourth-order valence-electron chi connectivity index (χ4n) is 2.41. The van der Waals surface area contributed by atoms with Crippen LogP contribution in [-0.2, 0) is 16.4 Å². The van der Waals surface area contributed by atoms with E-state index in [1.54, 1.807) is 0 Å². The van der Waals surface area contributed by atoms with Crippen molar-refractivity contribution in [2.24, 2.45) is 5.73 Å². The molecule has 0 amide bonds. The van der Waals surface area contributed by atoms with Gasteiger partial charge in [-0.25, -0.2) is 17.2 Å². The van der Waals surface area contributed by atoms with E-state index in [1.165, 1.54) is 28.6 Å². The molecule has 0 heterocycles. The van der Waals surface area contributed by atoms with Crippen LogP contribution in [0.25, 0.3) is 0 Å². The predicted molar refractivity (Wildman–Crippen MR) is 103 cm³/mol. The van der Waals surface area contributed by atoms with Crippen LogP contribution >= 0.6 is 12.4 Å². The Morgan fingerprint density at radius 3 is 2.19 bits per heavy atom. The van der Waals surface area contributed by atoms with Crippen molar-refractivity contribution in [3.63, 3.8) is 0 Å². The largest absolute Gasteiger partial charge is 0.488 e. The lowest BCUT2D eigenvalue weighted by Gasteiger charge is -2.21. The zero-order valence-electron chi connectivity index (χ0n) is 14.6. The maximum atomic E-state index is 12.8. The second kappa shape index (κ2) is 11.2. The van der Waals surface area contributed by atoms with Crippen LogP contribution in [0, 0.1) is 0 Å². The number of nitrogens with zero attached hydrogens (tertiary/aromatic N) is 1. The minimum Gasteiger partial charge on any atom is -0.488 e. The molecule has 9 heteroatoms. The number of ether oxygens (including phenoxy) is 1. The number of alkyl halides is 2. The molecular weight excluding hydrogens is 398 g/mol. The van der Waals surface area contributed by atoms with Gasteiger partial charge in [0.05, 0.1) is 4.90 Å². The predicted octanol–water partition coefficient (Wildman–Crippen LogP) is 2.94. The monoisotopic (exact) mass is 420 g/mol. The molecule has 0 spiro atoms. The van der Waals surface area contributed by atoms with Crippen molar-refractivity contribution < 1.29 is 21.9 Å². The van der Waals surface area contributed by atoms with Gasteiger partial charge < -0.3 is 10.5 Å². The standard InChI is InChI=1S/C18H22F2N2O3S.ClH/c19-18(20)14-25-16-6-8-17(9-7-16)26(23,24)22(13-11-21)12-10-15-4-2-1-3-5-15;/h1-9,18H,10-14,21H2;1H. The molecule has 0 saturated carbocycles. The summed E-state index contributed by atoms with van der Waals surface area (Å²) in [4.78, 5) is 0.0726. The van der Waals surface area contributed by atoms with Crippen molar-refractivity contribution in [2.45, 2.75) is 17.7 Å². The third-order valence-electron chi connectivity index (χ3n) is 3.71. The van der Waals surface area contributed by atoms with Gasteiger partial charge in [0, 0.05) is 19.6 Å². The van der Waals surface area contributed by atoms with Crippen LogP contribution in [0.3, 0.4) is 0 Å². The van der Waals surface area contributed by atoms with E-state index in [4.69, 9.17) is 10.5 Å². The topological polar surface area (TPSA) is 72.6 Å². The van der Waals surface area contributed by atoms with Crippen molar-refractivity contribution >= 4 is 22.4 Å². The maximum absolute atomic E-state index is 12.8. The third-order valence-corrected chi connectivity index (χ3v) is 5.62. The summed E-state index contributed by atoms with van der Waals surface area (Å²) < 4.78 is 56.2. The summed E-state index contributed by atoms with van der Waals surface area (Å²) in [5.74, 6) is 0.193. The Kier molecular flexibility index (Phi) is 9.65. The van der Waals surface area contributed by atoms with Gasteiger partial charge in [0.15, 0.2) is 0 Å². The minimum absolute atomic E-state index is 0. The number of nitrogens with two attached hydrogens (primary N) is 1. The summed E-state index contributed by atoms with van der Waals surface area (Å²) in [5.41, 5.74) is 6.60. The van der Waals surface area contributed by atoms with Crippen molar-refractivity contribution in [3.8, 4) is 5.75 Å². The van der Waals surface area contributed by atoms with Crippen molar-refractivity contribution in [2.75, 3.05) is 26.2 Å². The lowest BCUT2D eigenvalue weighted by Crippen LogP contribution is -2.36. The Morgan fingerprint density at radius 1 is 1.00 bits per heavy atom. The zero-order valence-corrected chi connectivity index (χ0v) is 16.3. The van der Waals surface area contributed by atoms with Crippen molar-refractivity contribution in [1.82, 2.24) is 4.31 Å². The molecule has 2 aromatic rings. The van der Waals surface area contributed by atoms with E-state index >= 15 is 0 Å². The SMILES string of the molecule is Cl.NCCN(CCc1ccccc1)S(=O)(=O)c1ccc(OCC(F)F)cc1. The Bertz CT molecular complexity index is 775. The highest BCUT2D eigenvalue weighted by Gasteiger charge is 2.23. The second-order valence-electron chi connectivity index (χ2n) is 5.60. The van der Waals surface area contributed by atoms with Crippen molar-refractivity contribution in [3.05, 3.63) is 60.2 Å². The van der Waals surface area contributed by atoms with E-state index in [0.29, 0.717) is 13.0 Å². The molecule has 0 atom stereocenters. The summed E-state index contributed by atoms with van der Waals surface area (Å²) in [6, 6.07) is 15.0. The van der Waals surface area contributed by atoms with Gasteiger partial charge in [-0.1, -0.05) is 30.3 Å². The molecule has 2 aromatic carbocycles. The summed E-state index contributed by atoms with van der Waals surface area (Å²) in [6.45, 7) is -0.0436. The lowest BCUT2D eigenvalue weighted by molar-refractivity contribution is 0.0819. The molecule has 0 unspecified atom stereocenters. The van der Waals surface area contributed by atoms with Gasteiger partial charge in [0.1, 0.15) is 12.4 Å². The summed E-state index contributed by atoms with van der Waals surface area (Å²) in [6.07, 6.45) is -2.02. The highest BCUT2D eigenvalue weighted by Crippen LogP contribution is 2.20. The molecule has 2 rings (SSSR count). The number of sulfonamides is 1. The molecule has 0 fully saturated rings. The molecule has 5 nitrogen and oxygen atoms in total. The van der Waals surface area contributed by atoms with Crippen LogP contribution in [0.1, 0.15) is 5.56 Å². The van der Waals surface area contributed by atoms with E-state index in [1.807, 2.05) is 30.3 Å². The van der Waals surface area contributed by atoms with E-state index in [0.717, 1.165) is 5.56 Å². The molecule has 0 aliphatic rings. The Labute approximate surface area is 164 Å². The molecule has 0 radical (unpaired) electrons. The van der Waals surface area contributed by atoms with E-state index in [-0.39, 0.29) is 36.1 Å². The minimum atomic E-state index is -3.73. The number of benzene rings is 2. The Balaban J connectivity index is 0.00000364. The first-order chi connectivity index (χ1) is 12.4. The van der Waals surface area contributed by atoms with Gasteiger partial charge in [0.2, 0.25) is 10.0 Å². The molecule has 2 N–H and O–H groups in total. The first-order valence-corrected chi connectivity index (χ1v) is 9.62. The first-order valence-electron chi connectivity index (χ1n) is 8.18. The normalized spacial score (nSPS) is 11.4. The molecule has 0 aliphatic heterocycles. The number of hydrogen-bond acceptors (Lipinski definition) is 4. The Morgan fingerprint density at radius 2 is 1.63 bits per heavy atom. The molecule has 27 heavy (non-hydrogen) atoms. The third kappa shape index (κ3) is 7.06. The van der Waals surface area contributed by atoms with E-state index in [2.05, 4.69) is 0 Å². The van der Waals surface area contributed by atoms with Crippen LogP contribution in [0.4, 0.5) is 8.78 Å². The molecular formula is C18H23ClF2N2O3S. The molecule has 0 aliphatic carbocycles. The second-order valence-corrected chi connectivity index (χ2v) is 7.54. The van der Waals surface area contributed by atoms with Gasteiger partial charge >= 0.3 is 0 Å². The summed E-state index contributed by atoms with van der Waals surface area (Å²) in [5, 5.41) is 0. The highest BCUT2D eigenvalue weighted by molar-refractivity contribution is 7.89. The number of rotatable bonds is 10. The van der Waals surface area contributed by atoms with E-state index in [9.17, 15) is 17.2 Å². The first kappa shape index (κ1) is 23.3. The fraction of sp³-hybridized carbons (Fsp3) is 0.333. The van der Waals surface area contributed by atoms with E-state index < -0.39 is 23.1 Å². The van der Waals surface area contributed by atoms with Crippen LogP contribution in [0.15, 0.2) is 59.5 Å². The highest BCUT2D eigenvalue weighted by atomic mass is 35.5. The summed E-state index contributed by atoms with van der Waals surface area (Å²) >= 11 is 0.